The van der Waals surface area contributed by atoms with E-state index in [-0.39, 0.29) is 0 Å². The molecule has 82 valence electrons. The molecular formula is C11H6Cl3NO. The second-order valence-corrected chi connectivity index (χ2v) is 4.19. The molecule has 0 fully saturated rings. The van der Waals surface area contributed by atoms with Crippen LogP contribution in [0.3, 0.4) is 0 Å². The summed E-state index contributed by atoms with van der Waals surface area (Å²) in [6.45, 7) is 0. The van der Waals surface area contributed by atoms with Crippen LogP contribution in [0.15, 0.2) is 36.5 Å². The van der Waals surface area contributed by atoms with E-state index < -0.39 is 0 Å². The van der Waals surface area contributed by atoms with Gasteiger partial charge in [-0.1, -0.05) is 34.8 Å². The van der Waals surface area contributed by atoms with Gasteiger partial charge in [-0.05, 0) is 18.2 Å². The minimum absolute atomic E-state index is 0.373. The van der Waals surface area contributed by atoms with Crippen LogP contribution in [0.2, 0.25) is 15.2 Å². The first-order valence-electron chi connectivity index (χ1n) is 4.39. The third-order valence-corrected chi connectivity index (χ3v) is 2.77. The van der Waals surface area contributed by atoms with Crippen molar-refractivity contribution in [2.45, 2.75) is 0 Å². The summed E-state index contributed by atoms with van der Waals surface area (Å²) in [5.74, 6) is 1.19. The van der Waals surface area contributed by atoms with Crippen molar-refractivity contribution in [2.75, 3.05) is 0 Å². The molecule has 0 N–H and O–H groups in total. The van der Waals surface area contributed by atoms with Crippen LogP contribution in [-0.2, 0) is 0 Å². The zero-order chi connectivity index (χ0) is 11.5. The Morgan fingerprint density at radius 1 is 0.875 bits per heavy atom. The molecule has 0 amide bonds. The summed E-state index contributed by atoms with van der Waals surface area (Å²) in [6.07, 6.45) is 1.56. The Balaban J connectivity index is 2.24. The molecule has 0 atom stereocenters. The van der Waals surface area contributed by atoms with Gasteiger partial charge in [0.1, 0.15) is 16.7 Å². The summed E-state index contributed by atoms with van der Waals surface area (Å²) < 4.78 is 5.53. The molecule has 0 unspecified atom stereocenters. The van der Waals surface area contributed by atoms with Crippen LogP contribution >= 0.6 is 34.8 Å². The second-order valence-electron chi connectivity index (χ2n) is 2.99. The molecule has 0 saturated heterocycles. The number of halogens is 3. The lowest BCUT2D eigenvalue weighted by molar-refractivity contribution is 0.482. The lowest BCUT2D eigenvalue weighted by Gasteiger charge is -2.06. The quantitative estimate of drug-likeness (QED) is 0.731. The minimum Gasteiger partial charge on any atom is -0.457 e. The highest BCUT2D eigenvalue weighted by molar-refractivity contribution is 6.42. The molecule has 2 rings (SSSR count). The Bertz CT molecular complexity index is 516. The summed E-state index contributed by atoms with van der Waals surface area (Å²) in [4.78, 5) is 3.85. The Morgan fingerprint density at radius 3 is 2.31 bits per heavy atom. The van der Waals surface area contributed by atoms with Crippen LogP contribution in [0.25, 0.3) is 0 Å². The first-order valence-corrected chi connectivity index (χ1v) is 5.53. The first-order chi connectivity index (χ1) is 7.65. The van der Waals surface area contributed by atoms with Gasteiger partial charge >= 0.3 is 0 Å². The molecule has 0 aliphatic carbocycles. The topological polar surface area (TPSA) is 22.1 Å². The van der Waals surface area contributed by atoms with Gasteiger partial charge in [-0.25, -0.2) is 4.98 Å². The number of benzene rings is 1. The second kappa shape index (κ2) is 4.91. The number of aromatic nitrogens is 1. The summed E-state index contributed by atoms with van der Waals surface area (Å²) in [5, 5.41) is 1.30. The van der Waals surface area contributed by atoms with Gasteiger partial charge < -0.3 is 4.74 Å². The lowest BCUT2D eigenvalue weighted by Crippen LogP contribution is -1.85. The van der Waals surface area contributed by atoms with Crippen LogP contribution in [0.4, 0.5) is 0 Å². The van der Waals surface area contributed by atoms with Crippen molar-refractivity contribution in [1.29, 1.82) is 0 Å². The number of hydrogen-bond donors (Lipinski definition) is 0. The van der Waals surface area contributed by atoms with Gasteiger partial charge in [0.15, 0.2) is 0 Å². The highest BCUT2D eigenvalue weighted by atomic mass is 35.5. The predicted molar refractivity (Wildman–Crippen MR) is 65.8 cm³/mol. The first kappa shape index (κ1) is 11.5. The van der Waals surface area contributed by atoms with Crippen molar-refractivity contribution < 1.29 is 4.74 Å². The van der Waals surface area contributed by atoms with E-state index in [2.05, 4.69) is 4.98 Å². The molecule has 0 aliphatic heterocycles. The number of nitrogens with zero attached hydrogens (tertiary/aromatic N) is 1. The monoisotopic (exact) mass is 273 g/mol. The van der Waals surface area contributed by atoms with E-state index in [9.17, 15) is 0 Å². The fourth-order valence-electron chi connectivity index (χ4n) is 1.12. The van der Waals surface area contributed by atoms with E-state index in [0.717, 1.165) is 0 Å². The molecule has 16 heavy (non-hydrogen) atoms. The Labute approximate surface area is 108 Å². The van der Waals surface area contributed by atoms with Gasteiger partial charge in [-0.15, -0.1) is 0 Å². The van der Waals surface area contributed by atoms with Crippen LogP contribution in [0.1, 0.15) is 0 Å². The fraction of sp³-hybridized carbons (Fsp3) is 0. The zero-order valence-corrected chi connectivity index (χ0v) is 10.2. The maximum Gasteiger partial charge on any atom is 0.132 e. The average Bonchev–Trinajstić information content (AvgIpc) is 2.24. The van der Waals surface area contributed by atoms with Gasteiger partial charge in [-0.2, -0.15) is 0 Å². The van der Waals surface area contributed by atoms with Crippen molar-refractivity contribution in [1.82, 2.24) is 4.98 Å². The molecule has 1 aromatic carbocycles. The zero-order valence-electron chi connectivity index (χ0n) is 7.95. The van der Waals surface area contributed by atoms with E-state index in [4.69, 9.17) is 39.5 Å². The molecule has 0 spiro atoms. The largest absolute Gasteiger partial charge is 0.457 e. The smallest absolute Gasteiger partial charge is 0.132 e. The molecule has 0 radical (unpaired) electrons. The number of pyridine rings is 1. The Hall–Kier alpha value is -0.960. The third kappa shape index (κ3) is 2.79. The third-order valence-electron chi connectivity index (χ3n) is 1.82. The molecule has 2 aromatic rings. The molecule has 5 heteroatoms. The standard InChI is InChI=1S/C11H6Cl3NO/c12-9-2-1-7(5-10(9)13)16-8-3-4-15-11(14)6-8/h1-6H. The predicted octanol–water partition coefficient (Wildman–Crippen LogP) is 4.83. The van der Waals surface area contributed by atoms with Crippen LogP contribution in [0, 0.1) is 0 Å². The van der Waals surface area contributed by atoms with E-state index in [1.165, 1.54) is 0 Å². The van der Waals surface area contributed by atoms with Crippen molar-refractivity contribution in [3.63, 3.8) is 0 Å². The van der Waals surface area contributed by atoms with Gasteiger partial charge in [0.25, 0.3) is 0 Å². The minimum atomic E-state index is 0.373. The van der Waals surface area contributed by atoms with Gasteiger partial charge in [0.05, 0.1) is 10.0 Å². The van der Waals surface area contributed by atoms with Crippen molar-refractivity contribution in [3.8, 4) is 11.5 Å². The molecule has 0 saturated carbocycles. The summed E-state index contributed by atoms with van der Waals surface area (Å²) in [5.41, 5.74) is 0. The van der Waals surface area contributed by atoms with E-state index in [1.54, 1.807) is 36.5 Å². The molecule has 0 bridgehead atoms. The SMILES string of the molecule is Clc1cc(Oc2ccc(Cl)c(Cl)c2)ccn1. The summed E-state index contributed by atoms with van der Waals surface area (Å²) in [7, 11) is 0. The van der Waals surface area contributed by atoms with Crippen LogP contribution in [-0.4, -0.2) is 4.98 Å². The Kier molecular flexibility index (Phi) is 3.54. The summed E-state index contributed by atoms with van der Waals surface area (Å²) in [6, 6.07) is 8.35. The number of rotatable bonds is 2. The molecular weight excluding hydrogens is 268 g/mol. The Morgan fingerprint density at radius 2 is 1.62 bits per heavy atom. The van der Waals surface area contributed by atoms with Gasteiger partial charge in [-0.3, -0.25) is 0 Å². The summed E-state index contributed by atoms with van der Waals surface area (Å²) >= 11 is 17.4. The highest BCUT2D eigenvalue weighted by Crippen LogP contribution is 2.29. The van der Waals surface area contributed by atoms with Gasteiger partial charge in [0.2, 0.25) is 0 Å². The van der Waals surface area contributed by atoms with Crippen molar-refractivity contribution >= 4 is 34.8 Å². The van der Waals surface area contributed by atoms with Crippen molar-refractivity contribution in [3.05, 3.63) is 51.7 Å². The van der Waals surface area contributed by atoms with E-state index >= 15 is 0 Å². The van der Waals surface area contributed by atoms with Gasteiger partial charge in [0, 0.05) is 18.3 Å². The number of hydrogen-bond acceptors (Lipinski definition) is 2. The van der Waals surface area contributed by atoms with E-state index in [1.807, 2.05) is 0 Å². The highest BCUT2D eigenvalue weighted by Gasteiger charge is 2.02. The van der Waals surface area contributed by atoms with E-state index in [0.29, 0.717) is 26.7 Å². The molecule has 0 aliphatic rings. The number of ether oxygens (including phenoxy) is 1. The van der Waals surface area contributed by atoms with Crippen LogP contribution in [0.5, 0.6) is 11.5 Å². The maximum atomic E-state index is 5.86. The van der Waals surface area contributed by atoms with Crippen molar-refractivity contribution in [2.24, 2.45) is 0 Å². The van der Waals surface area contributed by atoms with Crippen LogP contribution < -0.4 is 4.74 Å². The fourth-order valence-corrected chi connectivity index (χ4v) is 1.58. The normalized spacial score (nSPS) is 10.2. The molecule has 1 heterocycles. The maximum absolute atomic E-state index is 5.86. The lowest BCUT2D eigenvalue weighted by atomic mass is 10.3. The average molecular weight is 275 g/mol. The molecule has 2 nitrogen and oxygen atoms in total. The molecule has 1 aromatic heterocycles.